The lowest BCUT2D eigenvalue weighted by Gasteiger charge is -2.27. The van der Waals surface area contributed by atoms with E-state index in [4.69, 9.17) is 4.74 Å². The molecule has 2 aliphatic rings. The van der Waals surface area contributed by atoms with Gasteiger partial charge in [-0.2, -0.15) is 4.31 Å². The normalized spacial score (nSPS) is 18.0. The molecule has 0 spiro atoms. The highest BCUT2D eigenvalue weighted by atomic mass is 32.2. The fourth-order valence-electron chi connectivity index (χ4n) is 4.86. The first-order valence-electron chi connectivity index (χ1n) is 13.6. The molecule has 2 heterocycles. The second-order valence-corrected chi connectivity index (χ2v) is 12.2. The quantitative estimate of drug-likeness (QED) is 0.358. The highest BCUT2D eigenvalue weighted by molar-refractivity contribution is 7.89. The molecule has 1 amide bonds. The summed E-state index contributed by atoms with van der Waals surface area (Å²) in [6.45, 7) is 5.30. The van der Waals surface area contributed by atoms with Crippen LogP contribution in [0, 0.1) is 5.92 Å². The number of anilines is 1. The Morgan fingerprint density at radius 1 is 1.00 bits per heavy atom. The zero-order valence-electron chi connectivity index (χ0n) is 23.2. The number of benzene rings is 3. The van der Waals surface area contributed by atoms with Crippen LogP contribution in [0.5, 0.6) is 0 Å². The predicted molar refractivity (Wildman–Crippen MR) is 160 cm³/mol. The van der Waals surface area contributed by atoms with E-state index in [-0.39, 0.29) is 36.2 Å². The molecule has 8 nitrogen and oxygen atoms in total. The van der Waals surface area contributed by atoms with Gasteiger partial charge in [-0.15, -0.1) is 0 Å². The van der Waals surface area contributed by atoms with Crippen molar-refractivity contribution < 1.29 is 22.7 Å². The summed E-state index contributed by atoms with van der Waals surface area (Å²) in [5, 5.41) is 2.09. The molecule has 5 rings (SSSR count). The molecule has 1 fully saturated rings. The van der Waals surface area contributed by atoms with Crippen molar-refractivity contribution in [1.29, 1.82) is 0 Å². The number of hydrogen-bond acceptors (Lipinski definition) is 6. The molecule has 0 radical (unpaired) electrons. The highest BCUT2D eigenvalue weighted by Gasteiger charge is 2.28. The van der Waals surface area contributed by atoms with Crippen LogP contribution in [-0.4, -0.2) is 56.4 Å². The number of aliphatic imine (C=N–C) groups is 1. The van der Waals surface area contributed by atoms with E-state index in [1.807, 2.05) is 62.4 Å². The number of carbonyl (C=O) groups is 2. The number of hydrogen-bond donors (Lipinski definition) is 0. The van der Waals surface area contributed by atoms with Gasteiger partial charge in [0.05, 0.1) is 31.1 Å². The van der Waals surface area contributed by atoms with E-state index in [1.165, 1.54) is 21.3 Å². The highest BCUT2D eigenvalue weighted by Crippen LogP contribution is 2.26. The molecular weight excluding hydrogens is 538 g/mol. The predicted octanol–water partition coefficient (Wildman–Crippen LogP) is 4.90. The van der Waals surface area contributed by atoms with Gasteiger partial charge < -0.3 is 9.64 Å². The average molecular weight is 572 g/mol. The summed E-state index contributed by atoms with van der Waals surface area (Å²) < 4.78 is 33.5. The Morgan fingerprint density at radius 2 is 1.76 bits per heavy atom. The van der Waals surface area contributed by atoms with Crippen LogP contribution in [0.1, 0.15) is 25.8 Å². The minimum atomic E-state index is -3.79. The Morgan fingerprint density at radius 3 is 2.54 bits per heavy atom. The van der Waals surface area contributed by atoms with Gasteiger partial charge in [-0.1, -0.05) is 61.0 Å². The lowest BCUT2D eigenvalue weighted by atomic mass is 10.0. The van der Waals surface area contributed by atoms with E-state index in [9.17, 15) is 18.0 Å². The maximum absolute atomic E-state index is 13.8. The number of ether oxygens (including phenoxy) is 1. The average Bonchev–Trinajstić information content (AvgIpc) is 3.16. The van der Waals surface area contributed by atoms with Gasteiger partial charge in [-0.3, -0.25) is 14.6 Å². The molecule has 0 bridgehead atoms. The second-order valence-electron chi connectivity index (χ2n) is 10.3. The first-order chi connectivity index (χ1) is 19.7. The number of nitrogens with zero attached hydrogens (tertiary/aromatic N) is 3. The number of fused-ring (bicyclic) bond motifs is 1. The van der Waals surface area contributed by atoms with Crippen LogP contribution in [0.4, 0.5) is 5.69 Å². The van der Waals surface area contributed by atoms with Crippen LogP contribution in [-0.2, 0) is 30.9 Å². The zero-order chi connectivity index (χ0) is 29.0. The third-order valence-electron chi connectivity index (χ3n) is 7.46. The molecule has 0 aromatic heterocycles. The van der Waals surface area contributed by atoms with Crippen molar-refractivity contribution in [3.8, 4) is 0 Å². The van der Waals surface area contributed by atoms with Gasteiger partial charge in [-0.05, 0) is 59.5 Å². The molecule has 0 N–H and O–H groups in total. The van der Waals surface area contributed by atoms with Gasteiger partial charge in [0.25, 0.3) is 0 Å². The molecule has 41 heavy (non-hydrogen) atoms. The number of amides is 1. The number of carbonyl (C=O) groups excluding carboxylic acids is 2. The van der Waals surface area contributed by atoms with Crippen LogP contribution >= 0.6 is 0 Å². The van der Waals surface area contributed by atoms with Crippen molar-refractivity contribution in [3.05, 3.63) is 96.2 Å². The largest absolute Gasteiger partial charge is 0.379 e. The molecule has 3 aromatic rings. The summed E-state index contributed by atoms with van der Waals surface area (Å²) >= 11 is 0. The molecule has 3 aromatic carbocycles. The fourth-order valence-corrected chi connectivity index (χ4v) is 6.30. The first-order valence-corrected chi connectivity index (χ1v) is 15.1. The summed E-state index contributed by atoms with van der Waals surface area (Å²) in [7, 11) is -3.79. The van der Waals surface area contributed by atoms with E-state index >= 15 is 0 Å². The molecule has 1 atom stereocenters. The molecular formula is C32H33N3O5S. The topological polar surface area (TPSA) is 96.4 Å². The molecule has 1 unspecified atom stereocenters. The fraction of sp³-hybridized carbons (Fsp3) is 0.281. The molecule has 1 saturated heterocycles. The van der Waals surface area contributed by atoms with Crippen molar-refractivity contribution in [3.63, 3.8) is 0 Å². The van der Waals surface area contributed by atoms with E-state index in [1.54, 1.807) is 24.4 Å². The van der Waals surface area contributed by atoms with Crippen molar-refractivity contribution in [1.82, 2.24) is 4.31 Å². The third kappa shape index (κ3) is 6.53. The van der Waals surface area contributed by atoms with Gasteiger partial charge in [0.2, 0.25) is 15.9 Å². The SMILES string of the molecule is CC1=CC(C(=O)CC(=O)N(Cc2ccc3ccccc3c2)c2cccc(S(=O)(=O)N3CCOCC3)c2)=NC=CC1C. The van der Waals surface area contributed by atoms with E-state index in [2.05, 4.69) is 4.99 Å². The van der Waals surface area contributed by atoms with Crippen LogP contribution in [0.2, 0.25) is 0 Å². The smallest absolute Gasteiger partial charge is 0.243 e. The van der Waals surface area contributed by atoms with Crippen LogP contribution < -0.4 is 4.90 Å². The van der Waals surface area contributed by atoms with Gasteiger partial charge in [0, 0.05) is 25.0 Å². The number of ketones is 1. The summed E-state index contributed by atoms with van der Waals surface area (Å²) in [5.74, 6) is -0.701. The molecule has 9 heteroatoms. The van der Waals surface area contributed by atoms with Gasteiger partial charge in [0.15, 0.2) is 5.78 Å². The Hall–Kier alpha value is -3.92. The van der Waals surface area contributed by atoms with E-state index < -0.39 is 28.1 Å². The first kappa shape index (κ1) is 28.6. The lowest BCUT2D eigenvalue weighted by molar-refractivity contribution is -0.123. The summed E-state index contributed by atoms with van der Waals surface area (Å²) in [6, 6.07) is 20.2. The van der Waals surface area contributed by atoms with Gasteiger partial charge >= 0.3 is 0 Å². The minimum absolute atomic E-state index is 0.0883. The van der Waals surface area contributed by atoms with Crippen LogP contribution in [0.3, 0.4) is 0 Å². The summed E-state index contributed by atoms with van der Waals surface area (Å²) in [6.07, 6.45) is 4.82. The summed E-state index contributed by atoms with van der Waals surface area (Å²) in [4.78, 5) is 32.9. The lowest BCUT2D eigenvalue weighted by Crippen LogP contribution is -2.40. The molecule has 0 saturated carbocycles. The Labute approximate surface area is 240 Å². The van der Waals surface area contributed by atoms with Gasteiger partial charge in [-0.25, -0.2) is 8.42 Å². The third-order valence-corrected chi connectivity index (χ3v) is 9.36. The Balaban J connectivity index is 1.48. The van der Waals surface area contributed by atoms with E-state index in [0.717, 1.165) is 21.9 Å². The zero-order valence-corrected chi connectivity index (χ0v) is 24.0. The molecule has 2 aliphatic heterocycles. The van der Waals surface area contributed by atoms with Crippen LogP contribution in [0.15, 0.2) is 101 Å². The van der Waals surface area contributed by atoms with Gasteiger partial charge in [0.1, 0.15) is 5.71 Å². The number of morpholine rings is 1. The maximum atomic E-state index is 13.8. The number of sulfonamides is 1. The molecule has 0 aliphatic carbocycles. The second kappa shape index (κ2) is 12.3. The Kier molecular flexibility index (Phi) is 8.58. The Bertz CT molecular complexity index is 1670. The summed E-state index contributed by atoms with van der Waals surface area (Å²) in [5.41, 5.74) is 2.46. The number of allylic oxidation sites excluding steroid dienone is 3. The van der Waals surface area contributed by atoms with Crippen molar-refractivity contribution in [2.75, 3.05) is 31.2 Å². The number of rotatable bonds is 8. The van der Waals surface area contributed by atoms with Crippen LogP contribution in [0.25, 0.3) is 10.8 Å². The van der Waals surface area contributed by atoms with Crippen molar-refractivity contribution in [2.24, 2.45) is 10.9 Å². The maximum Gasteiger partial charge on any atom is 0.243 e. The van der Waals surface area contributed by atoms with Crippen molar-refractivity contribution in [2.45, 2.75) is 31.7 Å². The molecule has 212 valence electrons. The monoisotopic (exact) mass is 571 g/mol. The number of Topliss-reactive ketones (excluding diaryl/α,β-unsaturated/α-hetero) is 1. The van der Waals surface area contributed by atoms with Crippen molar-refractivity contribution >= 4 is 43.9 Å². The van der Waals surface area contributed by atoms with E-state index in [0.29, 0.717) is 18.9 Å². The standard InChI is InChI=1S/C32H33N3O5S/c1-23-12-13-33-30(18-24(23)2)31(36)21-32(37)35(22-25-10-11-26-6-3-4-7-27(26)19-25)28-8-5-9-29(20-28)41(38,39)34-14-16-40-17-15-34/h3-13,18-20,23H,14-17,21-22H2,1-2H3. The minimum Gasteiger partial charge on any atom is -0.379 e.